The second-order valence-corrected chi connectivity index (χ2v) is 7.82. The fourth-order valence-electron chi connectivity index (χ4n) is 4.09. The number of aryl methyl sites for hydroxylation is 1. The van der Waals surface area contributed by atoms with Crippen LogP contribution in [0, 0.1) is 25.2 Å². The molecule has 3 rings (SSSR count). The molecule has 1 aliphatic rings. The Labute approximate surface area is 182 Å². The van der Waals surface area contributed by atoms with Crippen molar-refractivity contribution in [1.29, 1.82) is 5.26 Å². The number of rotatable bonds is 7. The van der Waals surface area contributed by atoms with Gasteiger partial charge in [0.15, 0.2) is 0 Å². The smallest absolute Gasteiger partial charge is 0.266 e. The lowest BCUT2D eigenvalue weighted by Crippen LogP contribution is -2.23. The minimum atomic E-state index is -0.470. The number of aromatic nitrogens is 1. The molecule has 162 valence electrons. The number of nitrogens with zero attached hydrogens (tertiary/aromatic N) is 3. The van der Waals surface area contributed by atoms with Crippen molar-refractivity contribution >= 4 is 29.3 Å². The van der Waals surface area contributed by atoms with Gasteiger partial charge >= 0.3 is 0 Å². The Morgan fingerprint density at radius 2 is 2.03 bits per heavy atom. The molecule has 1 saturated heterocycles. The average molecular weight is 421 g/mol. The first-order valence-corrected chi connectivity index (χ1v) is 10.4. The Morgan fingerprint density at radius 1 is 1.32 bits per heavy atom. The van der Waals surface area contributed by atoms with Crippen LogP contribution in [0.4, 0.5) is 11.4 Å². The Morgan fingerprint density at radius 3 is 2.61 bits per heavy atom. The summed E-state index contributed by atoms with van der Waals surface area (Å²) in [6.45, 7) is 7.32. The van der Waals surface area contributed by atoms with Gasteiger partial charge in [0.05, 0.1) is 12.6 Å². The molecule has 7 nitrogen and oxygen atoms in total. The van der Waals surface area contributed by atoms with Gasteiger partial charge in [0.25, 0.3) is 5.91 Å². The zero-order valence-electron chi connectivity index (χ0n) is 18.4. The highest BCUT2D eigenvalue weighted by atomic mass is 16.5. The molecule has 2 heterocycles. The Kier molecular flexibility index (Phi) is 6.93. The minimum Gasteiger partial charge on any atom is -0.383 e. The van der Waals surface area contributed by atoms with Crippen molar-refractivity contribution in [2.24, 2.45) is 0 Å². The van der Waals surface area contributed by atoms with E-state index >= 15 is 0 Å². The highest BCUT2D eigenvalue weighted by Crippen LogP contribution is 2.25. The molecule has 2 amide bonds. The number of benzene rings is 1. The lowest BCUT2D eigenvalue weighted by atomic mass is 10.1. The molecule has 1 aromatic heterocycles. The summed E-state index contributed by atoms with van der Waals surface area (Å²) in [4.78, 5) is 26.3. The lowest BCUT2D eigenvalue weighted by molar-refractivity contribution is -0.117. The third-order valence-corrected chi connectivity index (χ3v) is 5.55. The molecular formula is C24H28N4O3. The maximum absolute atomic E-state index is 12.7. The third kappa shape index (κ3) is 4.86. The van der Waals surface area contributed by atoms with Gasteiger partial charge in [-0.2, -0.15) is 5.26 Å². The van der Waals surface area contributed by atoms with E-state index in [1.54, 1.807) is 42.4 Å². The topological polar surface area (TPSA) is 87.4 Å². The highest BCUT2D eigenvalue weighted by molar-refractivity contribution is 6.09. The second kappa shape index (κ2) is 9.63. The summed E-state index contributed by atoms with van der Waals surface area (Å²) < 4.78 is 7.40. The number of amides is 2. The monoisotopic (exact) mass is 420 g/mol. The van der Waals surface area contributed by atoms with E-state index in [1.165, 1.54) is 0 Å². The largest absolute Gasteiger partial charge is 0.383 e. The maximum atomic E-state index is 12.7. The summed E-state index contributed by atoms with van der Waals surface area (Å²) in [5, 5.41) is 12.3. The van der Waals surface area contributed by atoms with Gasteiger partial charge < -0.3 is 19.5 Å². The Balaban J connectivity index is 1.76. The van der Waals surface area contributed by atoms with E-state index in [1.807, 2.05) is 26.0 Å². The van der Waals surface area contributed by atoms with Crippen LogP contribution in [-0.2, 0) is 14.3 Å². The lowest BCUT2D eigenvalue weighted by Gasteiger charge is -2.17. The fraction of sp³-hybridized carbons (Fsp3) is 0.375. The van der Waals surface area contributed by atoms with Crippen LogP contribution in [-0.4, -0.2) is 36.6 Å². The van der Waals surface area contributed by atoms with E-state index in [-0.39, 0.29) is 17.5 Å². The van der Waals surface area contributed by atoms with Gasteiger partial charge in [-0.25, -0.2) is 0 Å². The molecule has 1 aromatic carbocycles. The quantitative estimate of drug-likeness (QED) is 0.542. The van der Waals surface area contributed by atoms with Gasteiger partial charge in [0, 0.05) is 42.8 Å². The molecule has 0 spiro atoms. The van der Waals surface area contributed by atoms with Crippen LogP contribution in [0.5, 0.6) is 0 Å². The van der Waals surface area contributed by atoms with Crippen LogP contribution in [0.1, 0.15) is 42.8 Å². The number of anilines is 2. The molecule has 31 heavy (non-hydrogen) atoms. The second-order valence-electron chi connectivity index (χ2n) is 7.82. The first kappa shape index (κ1) is 22.3. The van der Waals surface area contributed by atoms with Gasteiger partial charge in [0.1, 0.15) is 11.6 Å². The van der Waals surface area contributed by atoms with E-state index < -0.39 is 5.91 Å². The molecule has 0 saturated carbocycles. The molecule has 0 aliphatic carbocycles. The molecule has 1 N–H and O–H groups in total. The number of nitriles is 1. The van der Waals surface area contributed by atoms with Crippen molar-refractivity contribution in [3.05, 3.63) is 52.9 Å². The van der Waals surface area contributed by atoms with E-state index in [0.717, 1.165) is 29.1 Å². The number of hydrogen-bond donors (Lipinski definition) is 1. The molecule has 0 bridgehead atoms. The Hall–Kier alpha value is -3.37. The van der Waals surface area contributed by atoms with Crippen LogP contribution in [0.2, 0.25) is 0 Å². The SMILES string of the molecule is COCC(C)n1c(C)cc(/C=C(\C#N)C(=O)Nc2ccc(N3CCCC3=O)cc2)c1C. The van der Waals surface area contributed by atoms with Crippen molar-refractivity contribution in [3.8, 4) is 6.07 Å². The van der Waals surface area contributed by atoms with Gasteiger partial charge in [-0.15, -0.1) is 0 Å². The first-order valence-electron chi connectivity index (χ1n) is 10.4. The molecule has 1 aliphatic heterocycles. The van der Waals surface area contributed by atoms with Crippen LogP contribution in [0.3, 0.4) is 0 Å². The number of carbonyl (C=O) groups excluding carboxylic acids is 2. The van der Waals surface area contributed by atoms with Crippen molar-refractivity contribution in [2.45, 2.75) is 39.7 Å². The number of hydrogen-bond acceptors (Lipinski definition) is 4. The van der Waals surface area contributed by atoms with E-state index in [9.17, 15) is 14.9 Å². The number of nitrogens with one attached hydrogen (secondary N) is 1. The summed E-state index contributed by atoms with van der Waals surface area (Å²) in [6, 6.07) is 11.2. The normalized spacial score (nSPS) is 15.1. The molecule has 0 radical (unpaired) electrons. The number of ether oxygens (including phenoxy) is 1. The predicted molar refractivity (Wildman–Crippen MR) is 121 cm³/mol. The molecule has 1 unspecified atom stereocenters. The van der Waals surface area contributed by atoms with E-state index in [0.29, 0.717) is 25.3 Å². The number of carbonyl (C=O) groups is 2. The van der Waals surface area contributed by atoms with E-state index in [2.05, 4.69) is 16.8 Å². The molecule has 1 atom stereocenters. The predicted octanol–water partition coefficient (Wildman–Crippen LogP) is 3.98. The van der Waals surface area contributed by atoms with Crippen molar-refractivity contribution in [2.75, 3.05) is 30.5 Å². The van der Waals surface area contributed by atoms with Gasteiger partial charge in [-0.3, -0.25) is 9.59 Å². The van der Waals surface area contributed by atoms with Gasteiger partial charge in [-0.1, -0.05) is 0 Å². The molecule has 2 aromatic rings. The summed E-state index contributed by atoms with van der Waals surface area (Å²) in [5.74, 6) is -0.355. The average Bonchev–Trinajstić information content (AvgIpc) is 3.29. The fourth-order valence-corrected chi connectivity index (χ4v) is 4.09. The highest BCUT2D eigenvalue weighted by Gasteiger charge is 2.21. The van der Waals surface area contributed by atoms with Crippen LogP contribution in [0.15, 0.2) is 35.9 Å². The number of methoxy groups -OCH3 is 1. The standard InChI is InChI=1S/C24H28N4O3/c1-16-12-19(18(3)28(16)17(2)15-31-4)13-20(14-25)24(30)26-21-7-9-22(10-8-21)27-11-5-6-23(27)29/h7-10,12-13,17H,5-6,11,15H2,1-4H3,(H,26,30)/b20-13+. The van der Waals surface area contributed by atoms with Crippen LogP contribution in [0.25, 0.3) is 6.08 Å². The van der Waals surface area contributed by atoms with Gasteiger partial charge in [-0.05, 0) is 69.2 Å². The summed E-state index contributed by atoms with van der Waals surface area (Å²) >= 11 is 0. The third-order valence-electron chi connectivity index (χ3n) is 5.55. The van der Waals surface area contributed by atoms with Crippen LogP contribution >= 0.6 is 0 Å². The summed E-state index contributed by atoms with van der Waals surface area (Å²) in [6.07, 6.45) is 3.04. The molecule has 7 heteroatoms. The Bertz CT molecular complexity index is 1040. The molecule has 1 fully saturated rings. The molecular weight excluding hydrogens is 392 g/mol. The zero-order valence-corrected chi connectivity index (χ0v) is 18.4. The van der Waals surface area contributed by atoms with Crippen LogP contribution < -0.4 is 10.2 Å². The van der Waals surface area contributed by atoms with E-state index in [4.69, 9.17) is 4.74 Å². The van der Waals surface area contributed by atoms with Crippen molar-refractivity contribution in [3.63, 3.8) is 0 Å². The van der Waals surface area contributed by atoms with Crippen molar-refractivity contribution < 1.29 is 14.3 Å². The van der Waals surface area contributed by atoms with Gasteiger partial charge in [0.2, 0.25) is 5.91 Å². The maximum Gasteiger partial charge on any atom is 0.266 e. The first-order chi connectivity index (χ1) is 14.8. The zero-order chi connectivity index (χ0) is 22.5. The minimum absolute atomic E-state index is 0.0263. The summed E-state index contributed by atoms with van der Waals surface area (Å²) in [5.41, 5.74) is 4.25. The van der Waals surface area contributed by atoms with Crippen molar-refractivity contribution in [1.82, 2.24) is 4.57 Å². The summed E-state index contributed by atoms with van der Waals surface area (Å²) in [7, 11) is 1.67.